The zero-order valence-corrected chi connectivity index (χ0v) is 20.0. The number of carbonyl (C=O) groups is 1. The van der Waals surface area contributed by atoms with Gasteiger partial charge in [-0.25, -0.2) is 13.6 Å². The number of fused-ring (bicyclic) bond motifs is 2. The van der Waals surface area contributed by atoms with Gasteiger partial charge in [0, 0.05) is 46.7 Å². The molecule has 9 heteroatoms. The second-order valence-electron chi connectivity index (χ2n) is 10.1. The van der Waals surface area contributed by atoms with E-state index in [1.54, 1.807) is 26.3 Å². The molecule has 0 unspecified atom stereocenters. The maximum atomic E-state index is 14.4. The zero-order chi connectivity index (χ0) is 25.1. The summed E-state index contributed by atoms with van der Waals surface area (Å²) in [6.45, 7) is 6.19. The van der Waals surface area contributed by atoms with Crippen molar-refractivity contribution in [2.45, 2.75) is 44.1 Å². The van der Waals surface area contributed by atoms with Crippen LogP contribution in [-0.4, -0.2) is 51.8 Å². The minimum atomic E-state index is -1.32. The van der Waals surface area contributed by atoms with Gasteiger partial charge in [0.05, 0.1) is 30.4 Å². The topological polar surface area (TPSA) is 89.4 Å². The summed E-state index contributed by atoms with van der Waals surface area (Å²) >= 11 is 0. The van der Waals surface area contributed by atoms with E-state index in [0.717, 1.165) is 39.1 Å². The van der Waals surface area contributed by atoms with Crippen LogP contribution in [0.1, 0.15) is 44.4 Å². The molecule has 7 nitrogen and oxygen atoms in total. The van der Waals surface area contributed by atoms with Crippen molar-refractivity contribution in [2.75, 3.05) is 20.3 Å². The highest BCUT2D eigenvalue weighted by Gasteiger charge is 2.46. The van der Waals surface area contributed by atoms with Crippen molar-refractivity contribution >= 4 is 27.8 Å². The van der Waals surface area contributed by atoms with Gasteiger partial charge in [-0.3, -0.25) is 5.10 Å². The molecule has 2 N–H and O–H groups in total. The Morgan fingerprint density at radius 1 is 1.31 bits per heavy atom. The van der Waals surface area contributed by atoms with E-state index in [1.807, 2.05) is 30.5 Å². The Bertz CT molecular complexity index is 1460. The van der Waals surface area contributed by atoms with Crippen molar-refractivity contribution < 1.29 is 28.2 Å². The monoisotopic (exact) mass is 483 g/mol. The van der Waals surface area contributed by atoms with Crippen LogP contribution in [0.15, 0.2) is 36.5 Å². The largest absolute Gasteiger partial charge is 0.479 e. The summed E-state index contributed by atoms with van der Waals surface area (Å²) < 4.78 is 41.6. The van der Waals surface area contributed by atoms with Crippen LogP contribution in [0.4, 0.5) is 8.78 Å². The van der Waals surface area contributed by atoms with E-state index in [4.69, 9.17) is 9.47 Å². The van der Waals surface area contributed by atoms with E-state index in [2.05, 4.69) is 10.2 Å². The molecule has 1 saturated heterocycles. The quantitative estimate of drug-likeness (QED) is 0.400. The van der Waals surface area contributed by atoms with Gasteiger partial charge in [-0.1, -0.05) is 13.8 Å². The van der Waals surface area contributed by atoms with Gasteiger partial charge in [0.2, 0.25) is 0 Å². The molecule has 0 saturated carbocycles. The Morgan fingerprint density at radius 2 is 2.09 bits per heavy atom. The lowest BCUT2D eigenvalue weighted by Gasteiger charge is -2.29. The molecule has 0 radical (unpaired) electrons. The molecule has 0 aliphatic carbocycles. The number of hydrogen-bond donors (Lipinski definition) is 2. The van der Waals surface area contributed by atoms with Gasteiger partial charge < -0.3 is 19.1 Å². The summed E-state index contributed by atoms with van der Waals surface area (Å²) in [5, 5.41) is 18.6. The van der Waals surface area contributed by atoms with E-state index >= 15 is 0 Å². The van der Waals surface area contributed by atoms with Crippen LogP contribution in [0, 0.1) is 11.6 Å². The Kier molecular flexibility index (Phi) is 5.45. The smallest absolute Gasteiger partial charge is 0.335 e. The molecule has 2 atom stereocenters. The molecule has 1 aliphatic heterocycles. The number of halogens is 2. The number of carboxylic acids is 1. The molecule has 4 aromatic rings. The minimum Gasteiger partial charge on any atom is -0.479 e. The van der Waals surface area contributed by atoms with Crippen molar-refractivity contribution in [1.29, 1.82) is 0 Å². The Labute approximate surface area is 200 Å². The molecule has 2 aromatic carbocycles. The van der Waals surface area contributed by atoms with E-state index in [0.29, 0.717) is 12.3 Å². The fourth-order valence-electron chi connectivity index (χ4n) is 5.36. The molecule has 35 heavy (non-hydrogen) atoms. The van der Waals surface area contributed by atoms with Gasteiger partial charge in [-0.2, -0.15) is 5.10 Å². The first kappa shape index (κ1) is 23.4. The number of H-pyrrole nitrogens is 1. The fraction of sp³-hybridized carbons (Fsp3) is 0.385. The number of rotatable bonds is 6. The van der Waals surface area contributed by atoms with Crippen LogP contribution < -0.4 is 0 Å². The predicted molar refractivity (Wildman–Crippen MR) is 127 cm³/mol. The van der Waals surface area contributed by atoms with Gasteiger partial charge >= 0.3 is 5.97 Å². The summed E-state index contributed by atoms with van der Waals surface area (Å²) in [7, 11) is 1.61. The van der Waals surface area contributed by atoms with Crippen LogP contribution in [0.25, 0.3) is 27.5 Å². The Balaban J connectivity index is 1.88. The third-order valence-corrected chi connectivity index (χ3v) is 6.97. The number of carboxylic acid groups (broad SMARTS) is 1. The van der Waals surface area contributed by atoms with Crippen LogP contribution in [-0.2, 0) is 19.7 Å². The zero-order valence-electron chi connectivity index (χ0n) is 20.0. The van der Waals surface area contributed by atoms with Crippen LogP contribution in [0.3, 0.4) is 0 Å². The number of nitrogens with one attached hydrogen (secondary N) is 1. The first-order chi connectivity index (χ1) is 16.6. The lowest BCUT2D eigenvalue weighted by molar-refractivity contribution is -0.157. The number of methoxy groups -OCH3 is 1. The average molecular weight is 484 g/mol. The van der Waals surface area contributed by atoms with Gasteiger partial charge in [-0.05, 0) is 43.2 Å². The van der Waals surface area contributed by atoms with E-state index < -0.39 is 28.6 Å². The summed E-state index contributed by atoms with van der Waals surface area (Å²) in [6.07, 6.45) is 1.98. The van der Waals surface area contributed by atoms with Crippen LogP contribution in [0.5, 0.6) is 0 Å². The number of nitrogens with zero attached hydrogens (tertiary/aromatic N) is 2. The molecule has 0 bridgehead atoms. The maximum absolute atomic E-state index is 14.4. The molecule has 1 aliphatic rings. The number of hydrogen-bond acceptors (Lipinski definition) is 4. The number of benzene rings is 2. The standard InChI is InChI=1S/C26H27F2N3O4/c1-25(2,13-34-4)23-22(15-10-26(3,24(32)33)35-12-15)17-9-20-14(11-29-30-20)7-21(17)31(23)16-5-6-18(27)19(28)8-16/h5-9,11,15H,10,12-13H2,1-4H3,(H,29,30)(H,32,33)/t15-,26+/m1/s1. The van der Waals surface area contributed by atoms with Crippen molar-refractivity contribution in [3.63, 3.8) is 0 Å². The summed E-state index contributed by atoms with van der Waals surface area (Å²) in [5.74, 6) is -3.13. The summed E-state index contributed by atoms with van der Waals surface area (Å²) in [4.78, 5) is 11.9. The van der Waals surface area contributed by atoms with E-state index in [1.165, 1.54) is 6.07 Å². The highest BCUT2D eigenvalue weighted by molar-refractivity contribution is 5.99. The molecule has 184 valence electrons. The lowest BCUT2D eigenvalue weighted by atomic mass is 9.81. The van der Waals surface area contributed by atoms with Crippen molar-refractivity contribution in [2.24, 2.45) is 0 Å². The van der Waals surface area contributed by atoms with Crippen molar-refractivity contribution in [3.05, 3.63) is 59.4 Å². The third kappa shape index (κ3) is 3.70. The van der Waals surface area contributed by atoms with Gasteiger partial charge in [-0.15, -0.1) is 0 Å². The number of aliphatic carboxylic acids is 1. The van der Waals surface area contributed by atoms with E-state index in [-0.39, 0.29) is 18.9 Å². The number of aromatic nitrogens is 3. The highest BCUT2D eigenvalue weighted by Crippen LogP contribution is 2.47. The second-order valence-corrected chi connectivity index (χ2v) is 10.1. The Morgan fingerprint density at radius 3 is 2.74 bits per heavy atom. The van der Waals surface area contributed by atoms with E-state index in [9.17, 15) is 18.7 Å². The number of ether oxygens (including phenoxy) is 2. The minimum absolute atomic E-state index is 0.219. The first-order valence-electron chi connectivity index (χ1n) is 11.4. The fourth-order valence-corrected chi connectivity index (χ4v) is 5.36. The Hall–Kier alpha value is -3.30. The molecule has 1 fully saturated rings. The van der Waals surface area contributed by atoms with Gasteiger partial charge in [0.15, 0.2) is 17.2 Å². The second kappa shape index (κ2) is 8.13. The molecule has 5 rings (SSSR count). The van der Waals surface area contributed by atoms with Gasteiger partial charge in [0.25, 0.3) is 0 Å². The molecular formula is C26H27F2N3O4. The molecule has 2 aromatic heterocycles. The normalized spacial score (nSPS) is 20.8. The predicted octanol–water partition coefficient (Wildman–Crippen LogP) is 5.06. The molecule has 0 spiro atoms. The number of aromatic amines is 1. The summed E-state index contributed by atoms with van der Waals surface area (Å²) in [5.41, 5.74) is 1.92. The van der Waals surface area contributed by atoms with Crippen molar-refractivity contribution in [3.8, 4) is 5.69 Å². The highest BCUT2D eigenvalue weighted by atomic mass is 19.2. The molecular weight excluding hydrogens is 456 g/mol. The third-order valence-electron chi connectivity index (χ3n) is 6.97. The molecule has 3 heterocycles. The average Bonchev–Trinajstić information content (AvgIpc) is 3.50. The summed E-state index contributed by atoms with van der Waals surface area (Å²) in [6, 6.07) is 7.76. The SMILES string of the molecule is COCC(C)(C)c1c([C@H]2CO[C@](C)(C(=O)O)C2)c2cc3[nH]ncc3cc2n1-c1ccc(F)c(F)c1. The first-order valence-corrected chi connectivity index (χ1v) is 11.4. The van der Waals surface area contributed by atoms with Gasteiger partial charge in [0.1, 0.15) is 0 Å². The van der Waals surface area contributed by atoms with Crippen LogP contribution in [0.2, 0.25) is 0 Å². The lowest BCUT2D eigenvalue weighted by Crippen LogP contribution is -2.34. The molecule has 0 amide bonds. The maximum Gasteiger partial charge on any atom is 0.335 e. The van der Waals surface area contributed by atoms with Crippen molar-refractivity contribution in [1.82, 2.24) is 14.8 Å². The van der Waals surface area contributed by atoms with Crippen LogP contribution >= 0.6 is 0 Å².